The highest BCUT2D eigenvalue weighted by Gasteiger charge is 2.32. The first-order valence-corrected chi connectivity index (χ1v) is 15.8. The van der Waals surface area contributed by atoms with Gasteiger partial charge in [-0.2, -0.15) is 0 Å². The topological polar surface area (TPSA) is 69.6 Å². The summed E-state index contributed by atoms with van der Waals surface area (Å²) in [7, 11) is 0. The van der Waals surface area contributed by atoms with Crippen molar-refractivity contribution in [2.75, 3.05) is 19.6 Å². The van der Waals surface area contributed by atoms with Crippen molar-refractivity contribution < 1.29 is 14.7 Å². The first-order valence-electron chi connectivity index (χ1n) is 15.8. The molecule has 1 fully saturated rings. The fourth-order valence-corrected chi connectivity index (χ4v) is 6.44. The van der Waals surface area contributed by atoms with Crippen molar-refractivity contribution in [3.63, 3.8) is 0 Å². The molecule has 3 atom stereocenters. The number of rotatable bonds is 16. The number of fused-ring (bicyclic) bond motifs is 1. The molecule has 0 radical (unpaired) electrons. The fraction of sp³-hybridized carbons (Fsp3) is 0.500. The Morgan fingerprint density at radius 1 is 0.829 bits per heavy atom. The smallest absolute Gasteiger partial charge is 0.303 e. The third-order valence-corrected chi connectivity index (χ3v) is 8.82. The van der Waals surface area contributed by atoms with Crippen molar-refractivity contribution in [1.29, 1.82) is 0 Å². The van der Waals surface area contributed by atoms with Gasteiger partial charge < -0.3 is 15.3 Å². The Morgan fingerprint density at radius 3 is 2.20 bits per heavy atom. The van der Waals surface area contributed by atoms with Gasteiger partial charge in [0.1, 0.15) is 0 Å². The Balaban J connectivity index is 1.26. The first kappa shape index (κ1) is 30.8. The SMILES string of the molecule is C[C@@H](NCC1CN(C(=O)CCCCCCCCCCC(=O)O)CCC1c1ccccc1)c1cccc2ccccc12. The normalized spacial score (nSPS) is 17.9. The lowest BCUT2D eigenvalue weighted by molar-refractivity contribution is -0.137. The van der Waals surface area contributed by atoms with Crippen LogP contribution in [0.25, 0.3) is 10.8 Å². The second kappa shape index (κ2) is 16.3. The van der Waals surface area contributed by atoms with Crippen molar-refractivity contribution in [3.05, 3.63) is 83.9 Å². The van der Waals surface area contributed by atoms with Gasteiger partial charge in [-0.1, -0.05) is 111 Å². The molecular weight excluding hydrogens is 508 g/mol. The summed E-state index contributed by atoms with van der Waals surface area (Å²) in [5, 5.41) is 15.1. The Kier molecular flexibility index (Phi) is 12.2. The van der Waals surface area contributed by atoms with Crippen molar-refractivity contribution in [1.82, 2.24) is 10.2 Å². The lowest BCUT2D eigenvalue weighted by Gasteiger charge is -2.39. The number of nitrogens with zero attached hydrogens (tertiary/aromatic N) is 1. The Hall–Kier alpha value is -3.18. The third-order valence-electron chi connectivity index (χ3n) is 8.82. The summed E-state index contributed by atoms with van der Waals surface area (Å²) >= 11 is 0. The number of carboxylic acids is 1. The van der Waals surface area contributed by atoms with Crippen LogP contribution in [0, 0.1) is 5.92 Å². The molecule has 1 saturated heterocycles. The van der Waals surface area contributed by atoms with E-state index in [-0.39, 0.29) is 12.5 Å². The van der Waals surface area contributed by atoms with Crippen LogP contribution in [0.3, 0.4) is 0 Å². The van der Waals surface area contributed by atoms with Gasteiger partial charge in [-0.15, -0.1) is 0 Å². The second-order valence-electron chi connectivity index (χ2n) is 11.8. The molecule has 5 heteroatoms. The van der Waals surface area contributed by atoms with Gasteiger partial charge in [-0.3, -0.25) is 9.59 Å². The van der Waals surface area contributed by atoms with Crippen LogP contribution in [0.2, 0.25) is 0 Å². The van der Waals surface area contributed by atoms with E-state index in [1.807, 2.05) is 0 Å². The van der Waals surface area contributed by atoms with Crippen LogP contribution in [-0.4, -0.2) is 41.5 Å². The van der Waals surface area contributed by atoms with Gasteiger partial charge in [0.2, 0.25) is 5.91 Å². The van der Waals surface area contributed by atoms with Crippen molar-refractivity contribution in [2.24, 2.45) is 5.92 Å². The zero-order valence-electron chi connectivity index (χ0n) is 24.8. The Labute approximate surface area is 246 Å². The number of carbonyl (C=O) groups excluding carboxylic acids is 1. The predicted molar refractivity (Wildman–Crippen MR) is 168 cm³/mol. The molecule has 0 aromatic heterocycles. The van der Waals surface area contributed by atoms with E-state index in [9.17, 15) is 9.59 Å². The lowest BCUT2D eigenvalue weighted by Crippen LogP contribution is -2.46. The molecule has 1 amide bonds. The molecular formula is C36H48N2O3. The number of amides is 1. The number of carboxylic acid groups (broad SMARTS) is 1. The highest BCUT2D eigenvalue weighted by molar-refractivity contribution is 5.86. The van der Waals surface area contributed by atoms with Crippen LogP contribution in [0.5, 0.6) is 0 Å². The number of unbranched alkanes of at least 4 members (excludes halogenated alkanes) is 7. The molecule has 1 aliphatic heterocycles. The summed E-state index contributed by atoms with van der Waals surface area (Å²) in [6.45, 7) is 4.77. The highest BCUT2D eigenvalue weighted by atomic mass is 16.4. The van der Waals surface area contributed by atoms with E-state index in [1.54, 1.807) is 0 Å². The zero-order chi connectivity index (χ0) is 28.9. The molecule has 220 valence electrons. The minimum Gasteiger partial charge on any atom is -0.481 e. The molecule has 1 aliphatic rings. The molecule has 2 unspecified atom stereocenters. The number of likely N-dealkylation sites (tertiary alicyclic amines) is 1. The average molecular weight is 557 g/mol. The molecule has 41 heavy (non-hydrogen) atoms. The molecule has 1 heterocycles. The standard InChI is InChI=1S/C36H48N2O3/c1-28(32-21-15-19-30-18-13-14-20-34(30)32)37-26-31-27-38(25-24-33(31)29-16-9-8-10-17-29)35(39)22-11-6-4-2-3-5-7-12-23-36(40)41/h8-10,13-21,28,31,33,37H,2-7,11-12,22-27H2,1H3,(H,40,41)/t28-,31?,33?/m1/s1. The van der Waals surface area contributed by atoms with Crippen LogP contribution in [0.4, 0.5) is 0 Å². The molecule has 3 aromatic carbocycles. The van der Waals surface area contributed by atoms with Gasteiger partial charge in [-0.05, 0) is 59.9 Å². The van der Waals surface area contributed by atoms with Crippen molar-refractivity contribution in [3.8, 4) is 0 Å². The first-order chi connectivity index (χ1) is 20.0. The van der Waals surface area contributed by atoms with E-state index in [4.69, 9.17) is 5.11 Å². The van der Waals surface area contributed by atoms with Crippen LogP contribution >= 0.6 is 0 Å². The molecule has 5 nitrogen and oxygen atoms in total. The highest BCUT2D eigenvalue weighted by Crippen LogP contribution is 2.34. The minimum atomic E-state index is -0.697. The van der Waals surface area contributed by atoms with E-state index in [2.05, 4.69) is 89.9 Å². The van der Waals surface area contributed by atoms with E-state index in [0.717, 1.165) is 71.0 Å². The summed E-state index contributed by atoms with van der Waals surface area (Å²) in [5.41, 5.74) is 2.70. The predicted octanol–water partition coefficient (Wildman–Crippen LogP) is 8.11. The monoisotopic (exact) mass is 556 g/mol. The number of aliphatic carboxylic acids is 1. The quantitative estimate of drug-likeness (QED) is 0.175. The summed E-state index contributed by atoms with van der Waals surface area (Å²) in [6.07, 6.45) is 10.4. The number of piperidine rings is 1. The maximum absolute atomic E-state index is 13.2. The van der Waals surface area contributed by atoms with E-state index >= 15 is 0 Å². The number of hydrogen-bond acceptors (Lipinski definition) is 3. The molecule has 0 spiro atoms. The molecule has 0 aliphatic carbocycles. The molecule has 2 N–H and O–H groups in total. The Morgan fingerprint density at radius 2 is 1.46 bits per heavy atom. The molecule has 0 saturated carbocycles. The number of carbonyl (C=O) groups is 2. The molecule has 3 aromatic rings. The van der Waals surface area contributed by atoms with Crippen molar-refractivity contribution in [2.45, 2.75) is 89.5 Å². The van der Waals surface area contributed by atoms with Gasteiger partial charge in [0.15, 0.2) is 0 Å². The minimum absolute atomic E-state index is 0.223. The van der Waals surface area contributed by atoms with E-state index in [1.165, 1.54) is 28.3 Å². The zero-order valence-corrected chi connectivity index (χ0v) is 24.8. The van der Waals surface area contributed by atoms with Crippen molar-refractivity contribution >= 4 is 22.6 Å². The van der Waals surface area contributed by atoms with E-state index < -0.39 is 5.97 Å². The third kappa shape index (κ3) is 9.43. The van der Waals surface area contributed by atoms with Gasteiger partial charge in [0.25, 0.3) is 0 Å². The van der Waals surface area contributed by atoms with Gasteiger partial charge in [-0.25, -0.2) is 0 Å². The fourth-order valence-electron chi connectivity index (χ4n) is 6.44. The number of hydrogen-bond donors (Lipinski definition) is 2. The van der Waals surface area contributed by atoms with Crippen LogP contribution < -0.4 is 5.32 Å². The largest absolute Gasteiger partial charge is 0.481 e. The summed E-state index contributed by atoms with van der Waals surface area (Å²) in [6, 6.07) is 26.2. The number of nitrogens with one attached hydrogen (secondary N) is 1. The maximum Gasteiger partial charge on any atom is 0.303 e. The van der Waals surface area contributed by atoms with E-state index in [0.29, 0.717) is 24.2 Å². The maximum atomic E-state index is 13.2. The average Bonchev–Trinajstić information content (AvgIpc) is 3.00. The van der Waals surface area contributed by atoms with Crippen LogP contribution in [-0.2, 0) is 9.59 Å². The van der Waals surface area contributed by atoms with Gasteiger partial charge >= 0.3 is 5.97 Å². The van der Waals surface area contributed by atoms with Gasteiger partial charge in [0, 0.05) is 38.5 Å². The second-order valence-corrected chi connectivity index (χ2v) is 11.8. The number of benzene rings is 3. The lowest BCUT2D eigenvalue weighted by atomic mass is 9.80. The Bertz CT molecular complexity index is 1220. The summed E-state index contributed by atoms with van der Waals surface area (Å²) in [4.78, 5) is 25.9. The summed E-state index contributed by atoms with van der Waals surface area (Å²) in [5.74, 6) is 0.422. The van der Waals surface area contributed by atoms with Crippen LogP contribution in [0.1, 0.15) is 101 Å². The van der Waals surface area contributed by atoms with Gasteiger partial charge in [0.05, 0.1) is 0 Å². The summed E-state index contributed by atoms with van der Waals surface area (Å²) < 4.78 is 0. The van der Waals surface area contributed by atoms with Crippen LogP contribution in [0.15, 0.2) is 72.8 Å². The molecule has 4 rings (SSSR count). The molecule has 0 bridgehead atoms.